The van der Waals surface area contributed by atoms with Crippen LogP contribution in [0.15, 0.2) is 24.3 Å². The van der Waals surface area contributed by atoms with E-state index in [0.29, 0.717) is 11.4 Å². The van der Waals surface area contributed by atoms with E-state index in [-0.39, 0.29) is 25.5 Å². The third kappa shape index (κ3) is 5.29. The van der Waals surface area contributed by atoms with Gasteiger partial charge in [0.2, 0.25) is 5.91 Å². The molecule has 0 saturated carbocycles. The number of rotatable bonds is 6. The molecule has 0 bridgehead atoms. The number of nitrogens with two attached hydrogens (primary N) is 1. The van der Waals surface area contributed by atoms with Gasteiger partial charge in [0.1, 0.15) is 12.3 Å². The van der Waals surface area contributed by atoms with E-state index < -0.39 is 5.97 Å². The molecule has 1 amide bonds. The maximum Gasteiger partial charge on any atom is 0.325 e. The number of hydrogen-bond donors (Lipinski definition) is 1. The summed E-state index contributed by atoms with van der Waals surface area (Å²) in [7, 11) is 2.83. The molecule has 1 aromatic rings. The number of benzene rings is 1. The van der Waals surface area contributed by atoms with Crippen molar-refractivity contribution in [2.45, 2.75) is 6.42 Å². The molecular formula is C13H18N2O4. The van der Waals surface area contributed by atoms with Gasteiger partial charge in [0, 0.05) is 12.7 Å². The van der Waals surface area contributed by atoms with Crippen molar-refractivity contribution in [3.05, 3.63) is 24.3 Å². The van der Waals surface area contributed by atoms with Gasteiger partial charge in [0.15, 0.2) is 0 Å². The van der Waals surface area contributed by atoms with Gasteiger partial charge in [0.05, 0.1) is 20.1 Å². The summed E-state index contributed by atoms with van der Waals surface area (Å²) in [6.07, 6.45) is 0.192. The van der Waals surface area contributed by atoms with Crippen LogP contribution in [0.1, 0.15) is 6.42 Å². The maximum absolute atomic E-state index is 11.7. The molecule has 1 rings (SSSR count). The zero-order valence-corrected chi connectivity index (χ0v) is 11.1. The van der Waals surface area contributed by atoms with Gasteiger partial charge in [-0.2, -0.15) is 0 Å². The van der Waals surface area contributed by atoms with E-state index in [1.54, 1.807) is 31.3 Å². The first kappa shape index (κ1) is 14.8. The monoisotopic (exact) mass is 266 g/mol. The van der Waals surface area contributed by atoms with E-state index in [4.69, 9.17) is 10.5 Å². The Hall–Kier alpha value is -2.24. The highest BCUT2D eigenvalue weighted by atomic mass is 16.5. The van der Waals surface area contributed by atoms with E-state index in [1.807, 2.05) is 0 Å². The Bertz CT molecular complexity index is 431. The van der Waals surface area contributed by atoms with Crippen LogP contribution in [0.4, 0.5) is 5.69 Å². The first-order valence-electron chi connectivity index (χ1n) is 5.82. The van der Waals surface area contributed by atoms with Crippen LogP contribution in [0.2, 0.25) is 0 Å². The predicted octanol–water partition coefficient (Wildman–Crippen LogP) is 0.669. The van der Waals surface area contributed by atoms with Crippen molar-refractivity contribution < 1.29 is 19.1 Å². The van der Waals surface area contributed by atoms with Gasteiger partial charge in [-0.1, -0.05) is 0 Å². The Morgan fingerprint density at radius 2 is 1.89 bits per heavy atom. The van der Waals surface area contributed by atoms with Crippen LogP contribution in [-0.2, 0) is 14.3 Å². The standard InChI is InChI=1S/C13H18N2O4/c1-15(9-13(17)18-2)12(16)7-8-19-11-5-3-10(14)4-6-11/h3-6H,7-9,14H2,1-2H3. The van der Waals surface area contributed by atoms with Crippen molar-refractivity contribution >= 4 is 17.6 Å². The van der Waals surface area contributed by atoms with Gasteiger partial charge < -0.3 is 20.1 Å². The second-order valence-electron chi connectivity index (χ2n) is 3.99. The summed E-state index contributed by atoms with van der Waals surface area (Å²) in [5, 5.41) is 0. The average Bonchev–Trinajstić information content (AvgIpc) is 2.40. The topological polar surface area (TPSA) is 81.9 Å². The average molecular weight is 266 g/mol. The highest BCUT2D eigenvalue weighted by molar-refractivity contribution is 5.81. The van der Waals surface area contributed by atoms with Crippen LogP contribution in [0, 0.1) is 0 Å². The molecule has 0 fully saturated rings. The van der Waals surface area contributed by atoms with E-state index in [0.717, 1.165) is 0 Å². The summed E-state index contributed by atoms with van der Waals surface area (Å²) in [4.78, 5) is 24.0. The van der Waals surface area contributed by atoms with Crippen LogP contribution in [0.3, 0.4) is 0 Å². The minimum absolute atomic E-state index is 0.0583. The fourth-order valence-electron chi connectivity index (χ4n) is 1.36. The quantitative estimate of drug-likeness (QED) is 0.604. The molecule has 19 heavy (non-hydrogen) atoms. The minimum Gasteiger partial charge on any atom is -0.493 e. The zero-order chi connectivity index (χ0) is 14.3. The molecule has 0 unspecified atom stereocenters. The molecule has 0 aliphatic rings. The van der Waals surface area contributed by atoms with E-state index in [9.17, 15) is 9.59 Å². The summed E-state index contributed by atoms with van der Waals surface area (Å²) < 4.78 is 9.87. The van der Waals surface area contributed by atoms with Crippen molar-refractivity contribution in [2.75, 3.05) is 33.0 Å². The fourth-order valence-corrected chi connectivity index (χ4v) is 1.36. The summed E-state index contributed by atoms with van der Waals surface area (Å²) in [6.45, 7) is 0.186. The summed E-state index contributed by atoms with van der Waals surface area (Å²) in [6, 6.07) is 6.91. The second kappa shape index (κ2) is 7.25. The summed E-state index contributed by atoms with van der Waals surface area (Å²) >= 11 is 0. The molecule has 0 spiro atoms. The summed E-state index contributed by atoms with van der Waals surface area (Å²) in [5.74, 6) is 0.0220. The van der Waals surface area contributed by atoms with E-state index in [1.165, 1.54) is 12.0 Å². The molecule has 0 atom stereocenters. The van der Waals surface area contributed by atoms with Crippen molar-refractivity contribution in [3.8, 4) is 5.75 Å². The molecular weight excluding hydrogens is 248 g/mol. The largest absolute Gasteiger partial charge is 0.493 e. The number of hydrogen-bond acceptors (Lipinski definition) is 5. The Balaban J connectivity index is 2.30. The fraction of sp³-hybridized carbons (Fsp3) is 0.385. The Labute approximate surface area is 112 Å². The number of esters is 1. The molecule has 1 aromatic carbocycles. The van der Waals surface area contributed by atoms with E-state index in [2.05, 4.69) is 4.74 Å². The number of methoxy groups -OCH3 is 1. The van der Waals surface area contributed by atoms with Crippen LogP contribution >= 0.6 is 0 Å². The SMILES string of the molecule is COC(=O)CN(C)C(=O)CCOc1ccc(N)cc1. The highest BCUT2D eigenvalue weighted by Crippen LogP contribution is 2.13. The molecule has 0 heterocycles. The highest BCUT2D eigenvalue weighted by Gasteiger charge is 2.12. The number of anilines is 1. The number of amides is 1. The number of ether oxygens (including phenoxy) is 2. The van der Waals surface area contributed by atoms with Crippen LogP contribution < -0.4 is 10.5 Å². The van der Waals surface area contributed by atoms with Gasteiger partial charge in [-0.3, -0.25) is 9.59 Å². The van der Waals surface area contributed by atoms with Crippen molar-refractivity contribution in [1.82, 2.24) is 4.90 Å². The van der Waals surface area contributed by atoms with Crippen LogP contribution in [0.5, 0.6) is 5.75 Å². The molecule has 6 heteroatoms. The van der Waals surface area contributed by atoms with Crippen molar-refractivity contribution in [3.63, 3.8) is 0 Å². The molecule has 104 valence electrons. The molecule has 0 saturated heterocycles. The number of nitrogen functional groups attached to an aromatic ring is 1. The lowest BCUT2D eigenvalue weighted by Crippen LogP contribution is -2.33. The Morgan fingerprint density at radius 1 is 1.26 bits per heavy atom. The predicted molar refractivity (Wildman–Crippen MR) is 70.6 cm³/mol. The Morgan fingerprint density at radius 3 is 2.47 bits per heavy atom. The Kier molecular flexibility index (Phi) is 5.66. The number of likely N-dealkylation sites (N-methyl/N-ethyl adjacent to an activating group) is 1. The molecule has 0 aliphatic carbocycles. The lowest BCUT2D eigenvalue weighted by atomic mass is 10.3. The lowest BCUT2D eigenvalue weighted by molar-refractivity contribution is -0.146. The normalized spacial score (nSPS) is 9.79. The van der Waals surface area contributed by atoms with Gasteiger partial charge in [-0.25, -0.2) is 0 Å². The molecule has 0 aliphatic heterocycles. The summed E-state index contributed by atoms with van der Waals surface area (Å²) in [5.41, 5.74) is 6.20. The van der Waals surface area contributed by atoms with Gasteiger partial charge >= 0.3 is 5.97 Å². The van der Waals surface area contributed by atoms with Crippen LogP contribution in [0.25, 0.3) is 0 Å². The smallest absolute Gasteiger partial charge is 0.325 e. The third-order valence-electron chi connectivity index (χ3n) is 2.48. The molecule has 2 N–H and O–H groups in total. The molecule has 6 nitrogen and oxygen atoms in total. The van der Waals surface area contributed by atoms with Crippen LogP contribution in [-0.4, -0.2) is 44.1 Å². The number of carbonyl (C=O) groups is 2. The first-order valence-corrected chi connectivity index (χ1v) is 5.82. The van der Waals surface area contributed by atoms with Gasteiger partial charge in [-0.05, 0) is 24.3 Å². The number of carbonyl (C=O) groups excluding carboxylic acids is 2. The molecule has 0 radical (unpaired) electrons. The van der Waals surface area contributed by atoms with Gasteiger partial charge in [0.25, 0.3) is 0 Å². The second-order valence-corrected chi connectivity index (χ2v) is 3.99. The maximum atomic E-state index is 11.7. The minimum atomic E-state index is -0.449. The lowest BCUT2D eigenvalue weighted by Gasteiger charge is -2.15. The first-order chi connectivity index (χ1) is 9.02. The zero-order valence-electron chi connectivity index (χ0n) is 11.1. The third-order valence-corrected chi connectivity index (χ3v) is 2.48. The van der Waals surface area contributed by atoms with Gasteiger partial charge in [-0.15, -0.1) is 0 Å². The van der Waals surface area contributed by atoms with Crippen molar-refractivity contribution in [1.29, 1.82) is 0 Å². The van der Waals surface area contributed by atoms with Crippen molar-refractivity contribution in [2.24, 2.45) is 0 Å². The molecule has 0 aromatic heterocycles. The van der Waals surface area contributed by atoms with E-state index >= 15 is 0 Å². The number of nitrogens with zero attached hydrogens (tertiary/aromatic N) is 1.